The SMILES string of the molecule is C#CCOc1ccc(C2c3cc(c(OC#C)cc3OC#C)C(c3ccc(OC#C)cc3)c3cc(c(OC#C)cc3OCC#C)C(c3ccc(OCC#C)cc3)c3cc(c(OCC#C)cc3OCC#C)C(c3ccc(OCC#C)cc3)c3cc2c(OCC#C)cc3OCC#C)cc1. The smallest absolute Gasteiger partial charge is 0.148 e. The molecule has 0 radical (unpaired) electrons. The maximum atomic E-state index is 6.71. The number of rotatable bonds is 24. The zero-order chi connectivity index (χ0) is 67.8. The van der Waals surface area contributed by atoms with Gasteiger partial charge in [-0.3, -0.25) is 0 Å². The number of hydrogen-bond donors (Lipinski definition) is 0. The molecule has 12 heteroatoms. The Labute approximate surface area is 560 Å². The van der Waals surface area contributed by atoms with Crippen LogP contribution in [0.5, 0.6) is 69.0 Å². The quantitative estimate of drug-likeness (QED) is 0.0537. The van der Waals surface area contributed by atoms with Gasteiger partial charge in [-0.2, -0.15) is 0 Å². The van der Waals surface area contributed by atoms with Crippen molar-refractivity contribution in [1.82, 2.24) is 0 Å². The summed E-state index contributed by atoms with van der Waals surface area (Å²) in [5.41, 5.74) is 6.17. The minimum absolute atomic E-state index is 0.0137. The van der Waals surface area contributed by atoms with Gasteiger partial charge in [0.25, 0.3) is 0 Å². The molecule has 4 unspecified atom stereocenters. The standard InChI is InChI=1S/C84H56O12/c1-13-41-89-62-35-27-58(28-36-62)82-66-49-65(73(86-22-10)53-74(66)87-23-11)81(57-25-33-61(34-26-57)85-21-9)68-50-67(75(88-24-12)54-76(68)92-44-16-4)83(59-29-37-63(38-30-59)90-42-14-2)70-52-72(80(96-48-20-8)56-78(70)94-46-18-6)84(60-31-39-64(40-32-60)91-43-15-3)71-51-69(82)77(93-45-17-5)55-79(71)95-47-19-7/h1-12,25-40,49-56,81-84H,41-48H2. The van der Waals surface area contributed by atoms with Crippen LogP contribution < -0.4 is 56.8 Å². The first-order chi connectivity index (χ1) is 47.1. The molecular formula is C84H56O12. The minimum Gasteiger partial charge on any atom is -0.481 e. The molecule has 1 aliphatic carbocycles. The highest BCUT2D eigenvalue weighted by Gasteiger charge is 2.38. The lowest BCUT2D eigenvalue weighted by molar-refractivity contribution is 0.342. The highest BCUT2D eigenvalue weighted by atomic mass is 16.5. The van der Waals surface area contributed by atoms with Gasteiger partial charge in [-0.25, -0.2) is 0 Å². The molecule has 0 saturated heterocycles. The van der Waals surface area contributed by atoms with Crippen molar-refractivity contribution in [3.8, 4) is 218 Å². The van der Waals surface area contributed by atoms with Gasteiger partial charge in [-0.1, -0.05) is 122 Å². The first kappa shape index (κ1) is 66.5. The Balaban J connectivity index is 1.61. The Kier molecular flexibility index (Phi) is 22.7. The molecule has 0 saturated carbocycles. The second kappa shape index (κ2) is 32.7. The summed E-state index contributed by atoms with van der Waals surface area (Å²) in [6.45, 7) is -1.17. The first-order valence-electron chi connectivity index (χ1n) is 29.2. The van der Waals surface area contributed by atoms with Gasteiger partial charge in [0.1, 0.15) is 146 Å². The average Bonchev–Trinajstić information content (AvgIpc) is 0.740. The van der Waals surface area contributed by atoms with Crippen LogP contribution in [0.15, 0.2) is 146 Å². The molecule has 0 amide bonds. The zero-order valence-corrected chi connectivity index (χ0v) is 51.6. The molecule has 8 aromatic carbocycles. The second-order valence-corrected chi connectivity index (χ2v) is 20.5. The van der Waals surface area contributed by atoms with Crippen LogP contribution in [0.2, 0.25) is 0 Å². The Morgan fingerprint density at radius 1 is 0.208 bits per heavy atom. The fourth-order valence-corrected chi connectivity index (χ4v) is 11.4. The lowest BCUT2D eigenvalue weighted by Gasteiger charge is -2.32. The number of ether oxygens (including phenoxy) is 12. The molecule has 464 valence electrons. The first-order valence-corrected chi connectivity index (χ1v) is 29.2. The van der Waals surface area contributed by atoms with Gasteiger partial charge in [-0.05, 0) is 95.1 Å². The van der Waals surface area contributed by atoms with Crippen molar-refractivity contribution in [2.75, 3.05) is 52.9 Å². The van der Waals surface area contributed by atoms with Gasteiger partial charge in [-0.15, -0.1) is 51.4 Å². The average molecular weight is 1260 g/mol. The number of terminal acetylenes is 12. The Morgan fingerprint density at radius 3 is 0.615 bits per heavy atom. The van der Waals surface area contributed by atoms with Crippen molar-refractivity contribution in [1.29, 1.82) is 0 Å². The van der Waals surface area contributed by atoms with Crippen LogP contribution in [0.3, 0.4) is 0 Å². The maximum absolute atomic E-state index is 6.71. The van der Waals surface area contributed by atoms with Crippen molar-refractivity contribution in [2.24, 2.45) is 0 Å². The van der Waals surface area contributed by atoms with E-state index in [1.807, 2.05) is 72.8 Å². The van der Waals surface area contributed by atoms with E-state index in [-0.39, 0.29) is 98.9 Å². The van der Waals surface area contributed by atoms with Crippen LogP contribution in [-0.2, 0) is 0 Å². The predicted molar refractivity (Wildman–Crippen MR) is 368 cm³/mol. The maximum Gasteiger partial charge on any atom is 0.148 e. The summed E-state index contributed by atoms with van der Waals surface area (Å²) in [6, 6.07) is 43.3. The normalized spacial score (nSPS) is 13.6. The molecule has 1 aliphatic rings. The third kappa shape index (κ3) is 15.1. The van der Waals surface area contributed by atoms with E-state index in [9.17, 15) is 0 Å². The van der Waals surface area contributed by atoms with Crippen LogP contribution in [0.1, 0.15) is 90.4 Å². The topological polar surface area (TPSA) is 111 Å². The summed E-state index contributed by atoms with van der Waals surface area (Å²) in [4.78, 5) is 0. The lowest BCUT2D eigenvalue weighted by Crippen LogP contribution is -2.17. The molecule has 0 heterocycles. The van der Waals surface area contributed by atoms with Gasteiger partial charge in [0.15, 0.2) is 0 Å². The van der Waals surface area contributed by atoms with Crippen molar-refractivity contribution >= 4 is 0 Å². The highest BCUT2D eigenvalue weighted by Crippen LogP contribution is 2.55. The summed E-state index contributed by atoms with van der Waals surface area (Å²) in [7, 11) is 0. The van der Waals surface area contributed by atoms with E-state index < -0.39 is 23.7 Å². The van der Waals surface area contributed by atoms with E-state index in [1.165, 1.54) is 0 Å². The lowest BCUT2D eigenvalue weighted by atomic mass is 9.75. The number of hydrogen-bond acceptors (Lipinski definition) is 12. The van der Waals surface area contributed by atoms with E-state index in [4.69, 9.17) is 134 Å². The molecule has 96 heavy (non-hydrogen) atoms. The summed E-state index contributed by atoms with van der Waals surface area (Å²) < 4.78 is 75.8. The third-order valence-electron chi connectivity index (χ3n) is 15.1. The summed E-state index contributed by atoms with van der Waals surface area (Å²) in [5.74, 6) is 20.2. The molecule has 0 N–H and O–H groups in total. The van der Waals surface area contributed by atoms with Crippen molar-refractivity contribution in [3.63, 3.8) is 0 Å². The molecule has 8 aromatic rings. The van der Waals surface area contributed by atoms with Crippen LogP contribution in [0.25, 0.3) is 0 Å². The molecule has 12 nitrogen and oxygen atoms in total. The van der Waals surface area contributed by atoms with E-state index in [1.54, 1.807) is 72.8 Å². The molecule has 8 bridgehead atoms. The van der Waals surface area contributed by atoms with Crippen molar-refractivity contribution in [3.05, 3.63) is 212 Å². The molecule has 0 aliphatic heterocycles. The van der Waals surface area contributed by atoms with Crippen LogP contribution in [0.4, 0.5) is 0 Å². The molecule has 0 fully saturated rings. The van der Waals surface area contributed by atoms with E-state index in [0.717, 1.165) is 0 Å². The third-order valence-corrected chi connectivity index (χ3v) is 15.1. The monoisotopic (exact) mass is 1260 g/mol. The van der Waals surface area contributed by atoms with Gasteiger partial charge in [0, 0.05) is 92.4 Å². The van der Waals surface area contributed by atoms with Gasteiger partial charge in [0.05, 0.1) is 0 Å². The summed E-state index contributed by atoms with van der Waals surface area (Å²) in [6.07, 6.45) is 81.1. The summed E-state index contributed by atoms with van der Waals surface area (Å²) in [5, 5.41) is 0. The van der Waals surface area contributed by atoms with Crippen LogP contribution >= 0.6 is 0 Å². The van der Waals surface area contributed by atoms with Gasteiger partial charge < -0.3 is 56.8 Å². The van der Waals surface area contributed by atoms with Crippen molar-refractivity contribution in [2.45, 2.75) is 23.7 Å². The molecular weight excluding hydrogens is 1200 g/mol. The molecule has 4 atom stereocenters. The Bertz CT molecular complexity index is 4700. The van der Waals surface area contributed by atoms with Crippen LogP contribution in [-0.4, -0.2) is 52.9 Å². The summed E-state index contributed by atoms with van der Waals surface area (Å²) >= 11 is 0. The van der Waals surface area contributed by atoms with E-state index in [2.05, 4.69) is 71.8 Å². The van der Waals surface area contributed by atoms with Gasteiger partial charge >= 0.3 is 0 Å². The Morgan fingerprint density at radius 2 is 0.396 bits per heavy atom. The zero-order valence-electron chi connectivity index (χ0n) is 51.6. The second-order valence-electron chi connectivity index (χ2n) is 20.5. The van der Waals surface area contributed by atoms with E-state index in [0.29, 0.717) is 89.8 Å². The molecule has 0 spiro atoms. The predicted octanol–water partition coefficient (Wildman–Crippen LogP) is 12.7. The van der Waals surface area contributed by atoms with Gasteiger partial charge in [0.2, 0.25) is 0 Å². The fraction of sp³-hybridized carbons (Fsp3) is 0.143. The molecule has 0 aromatic heterocycles. The van der Waals surface area contributed by atoms with E-state index >= 15 is 0 Å². The van der Waals surface area contributed by atoms with Crippen molar-refractivity contribution < 1.29 is 56.8 Å². The largest absolute Gasteiger partial charge is 0.481 e. The highest BCUT2D eigenvalue weighted by molar-refractivity contribution is 5.69. The minimum atomic E-state index is -0.997. The molecule has 9 rings (SSSR count). The Hall–Kier alpha value is -13.9. The number of benzene rings is 8. The fourth-order valence-electron chi connectivity index (χ4n) is 11.4. The number of fused-ring (bicyclic) bond motifs is 8. The van der Waals surface area contributed by atoms with Crippen LogP contribution in [0, 0.1) is 149 Å².